The molecule has 1 heterocycles. The summed E-state index contributed by atoms with van der Waals surface area (Å²) in [6.07, 6.45) is 0.349. The van der Waals surface area contributed by atoms with Gasteiger partial charge < -0.3 is 14.2 Å². The van der Waals surface area contributed by atoms with E-state index in [4.69, 9.17) is 37.4 Å². The number of carbonyl (C=O) groups is 1. The van der Waals surface area contributed by atoms with Crippen LogP contribution in [0, 0.1) is 5.41 Å². The number of Topliss-reactive ketones (excluding diaryl/α,β-unsaturated/α-hetero) is 1. The number of carbonyl (C=O) groups excluding carboxylic acids is 1. The van der Waals surface area contributed by atoms with Crippen LogP contribution < -0.4 is 0 Å². The highest BCUT2D eigenvalue weighted by atomic mass is 35.5. The SMILES string of the molecule is CC[C@]1(C2OC(C)(C)O[C@@H]2COC)CC(=O)C1(Cl)Cl. The number of halogens is 2. The molecule has 1 unspecified atom stereocenters. The first-order valence-corrected chi connectivity index (χ1v) is 7.21. The minimum atomic E-state index is -1.40. The number of alkyl halides is 2. The van der Waals surface area contributed by atoms with Crippen molar-refractivity contribution in [2.45, 2.75) is 55.9 Å². The quantitative estimate of drug-likeness (QED) is 0.749. The van der Waals surface area contributed by atoms with Crippen LogP contribution in [-0.2, 0) is 19.0 Å². The minimum absolute atomic E-state index is 0.151. The molecule has 1 aliphatic heterocycles. The van der Waals surface area contributed by atoms with Crippen molar-refractivity contribution in [3.05, 3.63) is 0 Å². The van der Waals surface area contributed by atoms with Crippen molar-refractivity contribution in [3.8, 4) is 0 Å². The van der Waals surface area contributed by atoms with Crippen molar-refractivity contribution in [2.75, 3.05) is 13.7 Å². The van der Waals surface area contributed by atoms with Gasteiger partial charge in [0.2, 0.25) is 0 Å². The molecule has 1 aliphatic carbocycles. The van der Waals surface area contributed by atoms with E-state index in [0.29, 0.717) is 19.4 Å². The predicted octanol–water partition coefficient (Wildman–Crippen LogP) is 2.70. The molecule has 2 fully saturated rings. The van der Waals surface area contributed by atoms with Crippen molar-refractivity contribution in [2.24, 2.45) is 5.41 Å². The monoisotopic (exact) mass is 310 g/mol. The molecule has 0 aromatic rings. The molecule has 110 valence electrons. The smallest absolute Gasteiger partial charge is 0.184 e. The standard InChI is InChI=1S/C13H20Cl2O4/c1-5-12(6-9(16)13(12,14)15)10-8(7-17-4)18-11(2,3)19-10/h8,10H,5-7H2,1-4H3/t8-,10?,12-/m1/s1. The van der Waals surface area contributed by atoms with Crippen LogP contribution in [0.2, 0.25) is 0 Å². The number of hydrogen-bond acceptors (Lipinski definition) is 4. The van der Waals surface area contributed by atoms with Gasteiger partial charge in [-0.15, -0.1) is 0 Å². The Morgan fingerprint density at radius 3 is 2.42 bits per heavy atom. The van der Waals surface area contributed by atoms with Crippen molar-refractivity contribution in [1.29, 1.82) is 0 Å². The van der Waals surface area contributed by atoms with Crippen LogP contribution in [0.15, 0.2) is 0 Å². The largest absolute Gasteiger partial charge is 0.382 e. The van der Waals surface area contributed by atoms with Crippen LogP contribution in [0.25, 0.3) is 0 Å². The van der Waals surface area contributed by atoms with Crippen molar-refractivity contribution in [3.63, 3.8) is 0 Å². The maximum Gasteiger partial charge on any atom is 0.184 e. The molecule has 0 radical (unpaired) electrons. The van der Waals surface area contributed by atoms with Crippen LogP contribution in [0.1, 0.15) is 33.6 Å². The van der Waals surface area contributed by atoms with E-state index >= 15 is 0 Å². The molecule has 1 saturated carbocycles. The maximum absolute atomic E-state index is 11.7. The summed E-state index contributed by atoms with van der Waals surface area (Å²) >= 11 is 12.5. The first-order chi connectivity index (χ1) is 8.70. The lowest BCUT2D eigenvalue weighted by Crippen LogP contribution is -2.65. The van der Waals surface area contributed by atoms with Gasteiger partial charge in [-0.25, -0.2) is 0 Å². The number of ether oxygens (including phenoxy) is 3. The molecule has 2 rings (SSSR count). The second-order valence-corrected chi connectivity index (χ2v) is 7.06. The highest BCUT2D eigenvalue weighted by Gasteiger charge is 2.70. The zero-order valence-electron chi connectivity index (χ0n) is 11.7. The van der Waals surface area contributed by atoms with E-state index in [0.717, 1.165) is 0 Å². The number of ketones is 1. The molecule has 1 saturated heterocycles. The lowest BCUT2D eigenvalue weighted by molar-refractivity contribution is -0.173. The Kier molecular flexibility index (Phi) is 3.96. The Hall–Kier alpha value is 0.130. The van der Waals surface area contributed by atoms with E-state index in [2.05, 4.69) is 0 Å². The fourth-order valence-corrected chi connectivity index (χ4v) is 3.85. The van der Waals surface area contributed by atoms with Gasteiger partial charge in [0.15, 0.2) is 15.9 Å². The molecule has 3 atom stereocenters. The van der Waals surface area contributed by atoms with Crippen LogP contribution >= 0.6 is 23.2 Å². The van der Waals surface area contributed by atoms with Gasteiger partial charge in [-0.3, -0.25) is 4.79 Å². The van der Waals surface area contributed by atoms with E-state index in [1.807, 2.05) is 20.8 Å². The Bertz CT molecular complexity index is 383. The number of methoxy groups -OCH3 is 1. The Morgan fingerprint density at radius 1 is 1.37 bits per heavy atom. The van der Waals surface area contributed by atoms with E-state index in [1.54, 1.807) is 7.11 Å². The van der Waals surface area contributed by atoms with Gasteiger partial charge in [-0.05, 0) is 20.3 Å². The van der Waals surface area contributed by atoms with Gasteiger partial charge in [0.25, 0.3) is 0 Å². The average Bonchev–Trinajstić information content (AvgIpc) is 2.61. The van der Waals surface area contributed by atoms with Gasteiger partial charge in [0.1, 0.15) is 6.10 Å². The van der Waals surface area contributed by atoms with Gasteiger partial charge >= 0.3 is 0 Å². The molecule has 4 nitrogen and oxygen atoms in total. The van der Waals surface area contributed by atoms with Crippen LogP contribution in [0.5, 0.6) is 0 Å². The summed E-state index contributed by atoms with van der Waals surface area (Å²) in [7, 11) is 1.60. The summed E-state index contributed by atoms with van der Waals surface area (Å²) in [6.45, 7) is 6.02. The minimum Gasteiger partial charge on any atom is -0.382 e. The predicted molar refractivity (Wildman–Crippen MR) is 72.5 cm³/mol. The van der Waals surface area contributed by atoms with E-state index < -0.39 is 15.5 Å². The van der Waals surface area contributed by atoms with Crippen LogP contribution in [-0.4, -0.2) is 41.8 Å². The van der Waals surface area contributed by atoms with Gasteiger partial charge in [-0.2, -0.15) is 0 Å². The molecular weight excluding hydrogens is 291 g/mol. The highest BCUT2D eigenvalue weighted by molar-refractivity contribution is 6.61. The van der Waals surface area contributed by atoms with Crippen LogP contribution in [0.3, 0.4) is 0 Å². The van der Waals surface area contributed by atoms with Crippen molar-refractivity contribution >= 4 is 29.0 Å². The molecule has 6 heteroatoms. The van der Waals surface area contributed by atoms with E-state index in [1.165, 1.54) is 0 Å². The zero-order chi connectivity index (χ0) is 14.5. The fourth-order valence-electron chi connectivity index (χ4n) is 3.10. The Labute approximate surface area is 123 Å². The summed E-state index contributed by atoms with van der Waals surface area (Å²) in [5.41, 5.74) is -0.607. The normalized spacial score (nSPS) is 40.2. The van der Waals surface area contributed by atoms with Crippen LogP contribution in [0.4, 0.5) is 0 Å². The molecule has 0 amide bonds. The molecular formula is C13H20Cl2O4. The second kappa shape index (κ2) is 4.85. The number of rotatable bonds is 4. The third kappa shape index (κ3) is 2.22. The fraction of sp³-hybridized carbons (Fsp3) is 0.923. The average molecular weight is 311 g/mol. The van der Waals surface area contributed by atoms with Gasteiger partial charge in [-0.1, -0.05) is 30.1 Å². The summed E-state index contributed by atoms with van der Waals surface area (Å²) in [6, 6.07) is 0. The second-order valence-electron chi connectivity index (χ2n) is 5.73. The first kappa shape index (κ1) is 15.5. The summed E-state index contributed by atoms with van der Waals surface area (Å²) in [4.78, 5) is 11.7. The van der Waals surface area contributed by atoms with Gasteiger partial charge in [0.05, 0.1) is 12.7 Å². The third-order valence-corrected chi connectivity index (χ3v) is 5.32. The lowest BCUT2D eigenvalue weighted by Gasteiger charge is -2.53. The molecule has 0 bridgehead atoms. The third-order valence-electron chi connectivity index (χ3n) is 4.14. The molecule has 0 N–H and O–H groups in total. The maximum atomic E-state index is 11.7. The van der Waals surface area contributed by atoms with Crippen molar-refractivity contribution in [1.82, 2.24) is 0 Å². The zero-order valence-corrected chi connectivity index (χ0v) is 13.2. The summed E-state index contributed by atoms with van der Waals surface area (Å²) in [5.74, 6) is -0.874. The molecule has 0 spiro atoms. The first-order valence-electron chi connectivity index (χ1n) is 6.46. The molecule has 0 aromatic carbocycles. The molecule has 2 aliphatic rings. The summed E-state index contributed by atoms with van der Waals surface area (Å²) < 4.78 is 15.6. The van der Waals surface area contributed by atoms with Crippen molar-refractivity contribution < 1.29 is 19.0 Å². The molecule has 0 aromatic heterocycles. The highest BCUT2D eigenvalue weighted by Crippen LogP contribution is 2.61. The van der Waals surface area contributed by atoms with E-state index in [9.17, 15) is 4.79 Å². The van der Waals surface area contributed by atoms with Gasteiger partial charge in [0, 0.05) is 18.9 Å². The Balaban J connectivity index is 2.30. The molecule has 19 heavy (non-hydrogen) atoms. The topological polar surface area (TPSA) is 44.8 Å². The summed E-state index contributed by atoms with van der Waals surface area (Å²) in [5, 5.41) is 0. The lowest BCUT2D eigenvalue weighted by atomic mass is 9.60. The Morgan fingerprint density at radius 2 is 2.00 bits per heavy atom. The van der Waals surface area contributed by atoms with E-state index in [-0.39, 0.29) is 18.0 Å². The number of hydrogen-bond donors (Lipinski definition) is 0.